The Hall–Kier alpha value is -1.49. The minimum atomic E-state index is -0.438. The molecule has 1 aliphatic heterocycles. The number of hydrogen-bond acceptors (Lipinski definition) is 4. The standard InChI is InChI=1S/C14H19N3O2/c1-9-15-8-11-12(16-9)14(13(18)17(11)2)6-4-10(19-3)5-7-14/h8,10H,4-7H2,1-3H3. The molecule has 2 heterocycles. The molecule has 102 valence electrons. The van der Waals surface area contributed by atoms with Gasteiger partial charge >= 0.3 is 0 Å². The summed E-state index contributed by atoms with van der Waals surface area (Å²) in [6.45, 7) is 1.87. The first-order valence-corrected chi connectivity index (χ1v) is 6.73. The van der Waals surface area contributed by atoms with Crippen LogP contribution in [-0.4, -0.2) is 36.1 Å². The molecular weight excluding hydrogens is 242 g/mol. The monoisotopic (exact) mass is 261 g/mol. The van der Waals surface area contributed by atoms with E-state index in [1.54, 1.807) is 18.2 Å². The van der Waals surface area contributed by atoms with Crippen molar-refractivity contribution in [2.45, 2.75) is 44.1 Å². The zero-order valence-corrected chi connectivity index (χ0v) is 11.6. The summed E-state index contributed by atoms with van der Waals surface area (Å²) < 4.78 is 5.41. The largest absolute Gasteiger partial charge is 0.381 e. The van der Waals surface area contributed by atoms with Gasteiger partial charge in [0.2, 0.25) is 5.91 Å². The van der Waals surface area contributed by atoms with Gasteiger partial charge in [-0.25, -0.2) is 9.97 Å². The summed E-state index contributed by atoms with van der Waals surface area (Å²) in [7, 11) is 3.56. The van der Waals surface area contributed by atoms with Crippen LogP contribution >= 0.6 is 0 Å². The van der Waals surface area contributed by atoms with E-state index in [-0.39, 0.29) is 12.0 Å². The van der Waals surface area contributed by atoms with Crippen molar-refractivity contribution in [3.05, 3.63) is 17.7 Å². The van der Waals surface area contributed by atoms with Crippen LogP contribution in [0.4, 0.5) is 5.69 Å². The van der Waals surface area contributed by atoms with Crippen LogP contribution in [0.15, 0.2) is 6.20 Å². The first kappa shape index (κ1) is 12.5. The van der Waals surface area contributed by atoms with Crippen LogP contribution in [0.2, 0.25) is 0 Å². The molecule has 1 amide bonds. The van der Waals surface area contributed by atoms with Gasteiger partial charge < -0.3 is 9.64 Å². The maximum Gasteiger partial charge on any atom is 0.239 e. The highest BCUT2D eigenvalue weighted by Gasteiger charge is 2.52. The van der Waals surface area contributed by atoms with Gasteiger partial charge in [-0.2, -0.15) is 0 Å². The molecule has 19 heavy (non-hydrogen) atoms. The number of nitrogens with zero attached hydrogens (tertiary/aromatic N) is 3. The fraction of sp³-hybridized carbons (Fsp3) is 0.643. The first-order chi connectivity index (χ1) is 9.08. The summed E-state index contributed by atoms with van der Waals surface area (Å²) in [4.78, 5) is 23.2. The van der Waals surface area contributed by atoms with Crippen LogP contribution in [-0.2, 0) is 14.9 Å². The molecule has 1 aliphatic carbocycles. The second-order valence-electron chi connectivity index (χ2n) is 5.53. The number of hydrogen-bond donors (Lipinski definition) is 0. The topological polar surface area (TPSA) is 55.3 Å². The molecule has 1 saturated carbocycles. The normalized spacial score (nSPS) is 29.9. The number of fused-ring (bicyclic) bond motifs is 2. The van der Waals surface area contributed by atoms with Crippen molar-refractivity contribution in [2.75, 3.05) is 19.1 Å². The number of ether oxygens (including phenoxy) is 1. The Kier molecular flexibility index (Phi) is 2.82. The lowest BCUT2D eigenvalue weighted by atomic mass is 9.71. The molecule has 0 atom stereocenters. The molecule has 5 nitrogen and oxygen atoms in total. The van der Waals surface area contributed by atoms with E-state index < -0.39 is 5.41 Å². The summed E-state index contributed by atoms with van der Waals surface area (Å²) in [5, 5.41) is 0. The highest BCUT2D eigenvalue weighted by molar-refractivity contribution is 6.07. The molecule has 2 aliphatic rings. The Morgan fingerprint density at radius 2 is 2.11 bits per heavy atom. The molecule has 0 unspecified atom stereocenters. The highest BCUT2D eigenvalue weighted by Crippen LogP contribution is 2.48. The second-order valence-corrected chi connectivity index (χ2v) is 5.53. The smallest absolute Gasteiger partial charge is 0.239 e. The average molecular weight is 261 g/mol. The van der Waals surface area contributed by atoms with E-state index >= 15 is 0 Å². The Bertz CT molecular complexity index is 521. The first-order valence-electron chi connectivity index (χ1n) is 6.73. The van der Waals surface area contributed by atoms with Crippen molar-refractivity contribution in [2.24, 2.45) is 0 Å². The van der Waals surface area contributed by atoms with Gasteiger partial charge in [-0.1, -0.05) is 0 Å². The van der Waals surface area contributed by atoms with Crippen molar-refractivity contribution < 1.29 is 9.53 Å². The van der Waals surface area contributed by atoms with Gasteiger partial charge in [0.25, 0.3) is 0 Å². The molecule has 0 bridgehead atoms. The van der Waals surface area contributed by atoms with Gasteiger partial charge in [0, 0.05) is 14.2 Å². The Balaban J connectivity index is 2.03. The Labute approximate surface area is 113 Å². The third-order valence-electron chi connectivity index (χ3n) is 4.54. The average Bonchev–Trinajstić information content (AvgIpc) is 2.63. The summed E-state index contributed by atoms with van der Waals surface area (Å²) in [5.41, 5.74) is 1.35. The number of likely N-dealkylation sites (N-methyl/N-ethyl adjacent to an activating group) is 1. The van der Waals surface area contributed by atoms with Gasteiger partial charge in [0.1, 0.15) is 5.82 Å². The van der Waals surface area contributed by atoms with Crippen LogP contribution in [0.3, 0.4) is 0 Å². The van der Waals surface area contributed by atoms with Crippen LogP contribution in [0.1, 0.15) is 37.2 Å². The molecule has 1 aromatic rings. The number of amides is 1. The Morgan fingerprint density at radius 1 is 1.42 bits per heavy atom. The second kappa shape index (κ2) is 4.27. The van der Waals surface area contributed by atoms with Gasteiger partial charge in [-0.15, -0.1) is 0 Å². The lowest BCUT2D eigenvalue weighted by molar-refractivity contribution is -0.125. The predicted molar refractivity (Wildman–Crippen MR) is 71.1 cm³/mol. The quantitative estimate of drug-likeness (QED) is 0.770. The zero-order valence-electron chi connectivity index (χ0n) is 11.6. The van der Waals surface area contributed by atoms with Crippen LogP contribution in [0.25, 0.3) is 0 Å². The molecule has 0 saturated heterocycles. The van der Waals surface area contributed by atoms with E-state index in [0.29, 0.717) is 0 Å². The predicted octanol–water partition coefficient (Wildman–Crippen LogP) is 1.59. The molecular formula is C14H19N3O2. The third-order valence-corrected chi connectivity index (χ3v) is 4.54. The fourth-order valence-corrected chi connectivity index (χ4v) is 3.36. The van der Waals surface area contributed by atoms with E-state index in [9.17, 15) is 4.79 Å². The number of methoxy groups -OCH3 is 1. The van der Waals surface area contributed by atoms with E-state index in [2.05, 4.69) is 9.97 Å². The molecule has 0 radical (unpaired) electrons. The summed E-state index contributed by atoms with van der Waals surface area (Å²) in [6, 6.07) is 0. The number of aromatic nitrogens is 2. The van der Waals surface area contributed by atoms with E-state index in [0.717, 1.165) is 42.9 Å². The van der Waals surface area contributed by atoms with E-state index in [1.807, 2.05) is 14.0 Å². The number of aryl methyl sites for hydroxylation is 1. The lowest BCUT2D eigenvalue weighted by Crippen LogP contribution is -2.43. The summed E-state index contributed by atoms with van der Waals surface area (Å²) in [6.07, 6.45) is 5.51. The lowest BCUT2D eigenvalue weighted by Gasteiger charge is -2.34. The molecule has 5 heteroatoms. The summed E-state index contributed by atoms with van der Waals surface area (Å²) >= 11 is 0. The zero-order chi connectivity index (χ0) is 13.6. The minimum absolute atomic E-state index is 0.164. The van der Waals surface area contributed by atoms with Gasteiger partial charge in [-0.3, -0.25) is 4.79 Å². The molecule has 0 aromatic carbocycles. The van der Waals surface area contributed by atoms with Crippen molar-refractivity contribution in [3.8, 4) is 0 Å². The Morgan fingerprint density at radius 3 is 2.74 bits per heavy atom. The van der Waals surface area contributed by atoms with Crippen LogP contribution in [0, 0.1) is 6.92 Å². The van der Waals surface area contributed by atoms with Gasteiger partial charge in [-0.05, 0) is 32.6 Å². The SMILES string of the molecule is COC1CCC2(CC1)C(=O)N(C)c1cnc(C)nc12. The molecule has 3 rings (SSSR count). The minimum Gasteiger partial charge on any atom is -0.381 e. The van der Waals surface area contributed by atoms with E-state index in [1.165, 1.54) is 0 Å². The van der Waals surface area contributed by atoms with E-state index in [4.69, 9.17) is 4.74 Å². The van der Waals surface area contributed by atoms with Crippen LogP contribution < -0.4 is 4.90 Å². The number of rotatable bonds is 1. The fourth-order valence-electron chi connectivity index (χ4n) is 3.36. The summed E-state index contributed by atoms with van der Waals surface area (Å²) in [5.74, 6) is 0.895. The van der Waals surface area contributed by atoms with Gasteiger partial charge in [0.05, 0.1) is 29.1 Å². The molecule has 0 N–H and O–H groups in total. The van der Waals surface area contributed by atoms with Crippen molar-refractivity contribution in [3.63, 3.8) is 0 Å². The van der Waals surface area contributed by atoms with Crippen molar-refractivity contribution in [1.82, 2.24) is 9.97 Å². The maximum absolute atomic E-state index is 12.7. The molecule has 1 spiro atoms. The van der Waals surface area contributed by atoms with Crippen molar-refractivity contribution >= 4 is 11.6 Å². The molecule has 1 fully saturated rings. The number of carbonyl (C=O) groups is 1. The molecule has 1 aromatic heterocycles. The third kappa shape index (κ3) is 1.68. The highest BCUT2D eigenvalue weighted by atomic mass is 16.5. The van der Waals surface area contributed by atoms with Gasteiger partial charge in [0.15, 0.2) is 0 Å². The maximum atomic E-state index is 12.7. The van der Waals surface area contributed by atoms with Crippen molar-refractivity contribution in [1.29, 1.82) is 0 Å². The number of anilines is 1. The van der Waals surface area contributed by atoms with Crippen LogP contribution in [0.5, 0.6) is 0 Å². The number of carbonyl (C=O) groups excluding carboxylic acids is 1.